The minimum Gasteiger partial charge on any atom is -0.206 e. The number of benzene rings is 2. The van der Waals surface area contributed by atoms with Crippen LogP contribution in [0.25, 0.3) is 11.1 Å². The average molecular weight is 250 g/mol. The molecule has 2 rings (SSSR count). The van der Waals surface area contributed by atoms with Crippen molar-refractivity contribution in [2.24, 2.45) is 0 Å². The van der Waals surface area contributed by atoms with Crippen LogP contribution in [0.5, 0.6) is 0 Å². The van der Waals surface area contributed by atoms with Gasteiger partial charge < -0.3 is 0 Å². The molecule has 2 aromatic rings. The molecule has 14 heavy (non-hydrogen) atoms. The predicted octanol–water partition coefficient (Wildman–Crippen LogP) is 4.06. The maximum Gasteiger partial charge on any atom is 0.131 e. The Morgan fingerprint density at radius 2 is 1.86 bits per heavy atom. The third kappa shape index (κ3) is 1.70. The standard InChI is InChI=1S/C12H7BrF/c13-11-7-3-1-5-9(11)10-6-2-4-8-12(10)14/h1-4,6-8H. The molecule has 2 aromatic carbocycles. The molecule has 0 aliphatic heterocycles. The second kappa shape index (κ2) is 3.93. The van der Waals surface area contributed by atoms with Crippen LogP contribution in [-0.2, 0) is 0 Å². The molecule has 0 bridgehead atoms. The molecule has 0 amide bonds. The minimum absolute atomic E-state index is 0.226. The van der Waals surface area contributed by atoms with E-state index in [1.165, 1.54) is 6.07 Å². The summed E-state index contributed by atoms with van der Waals surface area (Å²) in [6, 6.07) is 15.2. The van der Waals surface area contributed by atoms with Gasteiger partial charge in [-0.1, -0.05) is 46.3 Å². The number of halogens is 2. The quantitative estimate of drug-likeness (QED) is 0.716. The lowest BCUT2D eigenvalue weighted by atomic mass is 10.1. The van der Waals surface area contributed by atoms with Crippen LogP contribution in [0.2, 0.25) is 0 Å². The number of rotatable bonds is 1. The van der Waals surface area contributed by atoms with Crippen LogP contribution in [0.15, 0.2) is 46.9 Å². The molecule has 69 valence electrons. The van der Waals surface area contributed by atoms with E-state index in [9.17, 15) is 4.39 Å². The Morgan fingerprint density at radius 3 is 2.57 bits per heavy atom. The second-order valence-corrected chi connectivity index (χ2v) is 3.73. The Kier molecular flexibility index (Phi) is 2.64. The van der Waals surface area contributed by atoms with E-state index in [-0.39, 0.29) is 5.82 Å². The summed E-state index contributed by atoms with van der Waals surface area (Å²) in [5, 5.41) is 0. The Hall–Kier alpha value is -1.15. The fourth-order valence-electron chi connectivity index (χ4n) is 1.29. The molecular formula is C12H7BrF. The van der Waals surface area contributed by atoms with E-state index in [4.69, 9.17) is 0 Å². The molecule has 0 aromatic heterocycles. The first-order chi connectivity index (χ1) is 6.79. The lowest BCUT2D eigenvalue weighted by Crippen LogP contribution is -1.84. The summed E-state index contributed by atoms with van der Waals surface area (Å²) < 4.78 is 14.3. The summed E-state index contributed by atoms with van der Waals surface area (Å²) in [5.74, 6) is -0.226. The van der Waals surface area contributed by atoms with Gasteiger partial charge in [-0.2, -0.15) is 0 Å². The smallest absolute Gasteiger partial charge is 0.131 e. The molecule has 2 heteroatoms. The maximum absolute atomic E-state index is 13.4. The highest BCUT2D eigenvalue weighted by atomic mass is 79.9. The Morgan fingerprint density at radius 1 is 1.07 bits per heavy atom. The first kappa shape index (κ1) is 9.41. The molecule has 0 N–H and O–H groups in total. The van der Waals surface area contributed by atoms with Crippen LogP contribution in [-0.4, -0.2) is 0 Å². The van der Waals surface area contributed by atoms with Crippen LogP contribution < -0.4 is 0 Å². The van der Waals surface area contributed by atoms with E-state index in [0.29, 0.717) is 5.56 Å². The molecule has 0 heterocycles. The zero-order valence-corrected chi connectivity index (χ0v) is 8.88. The summed E-state index contributed by atoms with van der Waals surface area (Å²) in [4.78, 5) is 0. The van der Waals surface area contributed by atoms with E-state index in [1.807, 2.05) is 18.2 Å². The normalized spacial score (nSPS) is 10.1. The Bertz CT molecular complexity index is 408. The van der Waals surface area contributed by atoms with Gasteiger partial charge in [-0.25, -0.2) is 4.39 Å². The zero-order valence-electron chi connectivity index (χ0n) is 7.30. The zero-order chi connectivity index (χ0) is 9.97. The van der Waals surface area contributed by atoms with Crippen molar-refractivity contribution in [3.05, 3.63) is 58.8 Å². The van der Waals surface area contributed by atoms with Crippen molar-refractivity contribution in [1.29, 1.82) is 0 Å². The van der Waals surface area contributed by atoms with Crippen molar-refractivity contribution < 1.29 is 4.39 Å². The number of hydrogen-bond acceptors (Lipinski definition) is 0. The third-order valence-electron chi connectivity index (χ3n) is 1.95. The van der Waals surface area contributed by atoms with Gasteiger partial charge in [0.1, 0.15) is 5.82 Å². The van der Waals surface area contributed by atoms with Gasteiger partial charge in [0, 0.05) is 15.6 Å². The van der Waals surface area contributed by atoms with Crippen LogP contribution in [0.3, 0.4) is 0 Å². The van der Waals surface area contributed by atoms with Crippen LogP contribution >= 0.6 is 15.9 Å². The molecule has 0 spiro atoms. The molecule has 0 aliphatic rings. The van der Waals surface area contributed by atoms with Crippen LogP contribution in [0.4, 0.5) is 4.39 Å². The fraction of sp³-hybridized carbons (Fsp3) is 0. The van der Waals surface area contributed by atoms with Crippen molar-refractivity contribution >= 4 is 15.9 Å². The summed E-state index contributed by atoms with van der Waals surface area (Å²) in [5.41, 5.74) is 1.32. The lowest BCUT2D eigenvalue weighted by Gasteiger charge is -2.04. The predicted molar refractivity (Wildman–Crippen MR) is 58.4 cm³/mol. The van der Waals surface area contributed by atoms with E-state index < -0.39 is 0 Å². The molecule has 0 aliphatic carbocycles. The highest BCUT2D eigenvalue weighted by Gasteiger charge is 2.06. The highest BCUT2D eigenvalue weighted by molar-refractivity contribution is 9.10. The van der Waals surface area contributed by atoms with E-state index in [1.54, 1.807) is 18.2 Å². The highest BCUT2D eigenvalue weighted by Crippen LogP contribution is 2.28. The van der Waals surface area contributed by atoms with Gasteiger partial charge in [-0.05, 0) is 18.2 Å². The minimum atomic E-state index is -0.226. The van der Waals surface area contributed by atoms with Crippen LogP contribution in [0.1, 0.15) is 0 Å². The topological polar surface area (TPSA) is 0 Å². The average Bonchev–Trinajstić information content (AvgIpc) is 2.20. The summed E-state index contributed by atoms with van der Waals surface area (Å²) in [7, 11) is 0. The summed E-state index contributed by atoms with van der Waals surface area (Å²) in [6.07, 6.45) is 0. The fourth-order valence-corrected chi connectivity index (χ4v) is 1.77. The van der Waals surface area contributed by atoms with Gasteiger partial charge >= 0.3 is 0 Å². The van der Waals surface area contributed by atoms with E-state index in [2.05, 4.69) is 22.0 Å². The SMILES string of the molecule is Fc1ccccc1-c1[c]cccc1Br. The van der Waals surface area contributed by atoms with E-state index >= 15 is 0 Å². The molecule has 0 atom stereocenters. The van der Waals surface area contributed by atoms with Crippen molar-refractivity contribution in [1.82, 2.24) is 0 Å². The Labute approximate surface area is 90.5 Å². The van der Waals surface area contributed by atoms with Gasteiger partial charge in [0.05, 0.1) is 0 Å². The molecule has 1 radical (unpaired) electrons. The van der Waals surface area contributed by atoms with Crippen molar-refractivity contribution in [3.63, 3.8) is 0 Å². The number of hydrogen-bond donors (Lipinski definition) is 0. The lowest BCUT2D eigenvalue weighted by molar-refractivity contribution is 0.631. The monoisotopic (exact) mass is 249 g/mol. The van der Waals surface area contributed by atoms with Crippen molar-refractivity contribution in [2.75, 3.05) is 0 Å². The molecule has 0 unspecified atom stereocenters. The molecule has 0 fully saturated rings. The van der Waals surface area contributed by atoms with Crippen LogP contribution in [0, 0.1) is 11.9 Å². The first-order valence-corrected chi connectivity index (χ1v) is 4.99. The Balaban J connectivity index is 2.61. The second-order valence-electron chi connectivity index (χ2n) is 2.87. The summed E-state index contributed by atoms with van der Waals surface area (Å²) >= 11 is 3.37. The van der Waals surface area contributed by atoms with Gasteiger partial charge in [0.15, 0.2) is 0 Å². The van der Waals surface area contributed by atoms with Gasteiger partial charge in [0.25, 0.3) is 0 Å². The van der Waals surface area contributed by atoms with Gasteiger partial charge in [-0.15, -0.1) is 0 Å². The summed E-state index contributed by atoms with van der Waals surface area (Å²) in [6.45, 7) is 0. The third-order valence-corrected chi connectivity index (χ3v) is 2.61. The molecular weight excluding hydrogens is 243 g/mol. The maximum atomic E-state index is 13.4. The molecule has 0 nitrogen and oxygen atoms in total. The van der Waals surface area contributed by atoms with Gasteiger partial charge in [-0.3, -0.25) is 0 Å². The van der Waals surface area contributed by atoms with Gasteiger partial charge in [0.2, 0.25) is 0 Å². The largest absolute Gasteiger partial charge is 0.206 e. The van der Waals surface area contributed by atoms with Crippen molar-refractivity contribution in [3.8, 4) is 11.1 Å². The first-order valence-electron chi connectivity index (χ1n) is 4.20. The molecule has 0 saturated heterocycles. The van der Waals surface area contributed by atoms with E-state index in [0.717, 1.165) is 10.0 Å². The molecule has 0 saturated carbocycles. The van der Waals surface area contributed by atoms with Crippen molar-refractivity contribution in [2.45, 2.75) is 0 Å².